The molecule has 0 N–H and O–H groups in total. The van der Waals surface area contributed by atoms with E-state index in [1.165, 1.54) is 12.1 Å². The largest absolute Gasteiger partial charge is 0.207 e. The lowest BCUT2D eigenvalue weighted by atomic mass is 10.1. The summed E-state index contributed by atoms with van der Waals surface area (Å²) in [6.07, 6.45) is 0. The average Bonchev–Trinajstić information content (AvgIpc) is 2.15. The van der Waals surface area contributed by atoms with Gasteiger partial charge in [0.05, 0.1) is 0 Å². The third-order valence-electron chi connectivity index (χ3n) is 2.10. The van der Waals surface area contributed by atoms with Crippen molar-refractivity contribution >= 4 is 23.2 Å². The third kappa shape index (κ3) is 2.34. The summed E-state index contributed by atoms with van der Waals surface area (Å²) in [5, 5.41) is 0.817. The molecule has 0 saturated heterocycles. The normalized spacial score (nSPS) is 10.5. The van der Waals surface area contributed by atoms with Crippen molar-refractivity contribution < 1.29 is 8.78 Å². The van der Waals surface area contributed by atoms with Gasteiger partial charge in [-0.2, -0.15) is 0 Å². The van der Waals surface area contributed by atoms with Gasteiger partial charge in [0.2, 0.25) is 0 Å². The van der Waals surface area contributed by atoms with Gasteiger partial charge in [-0.1, -0.05) is 23.2 Å². The van der Waals surface area contributed by atoms with E-state index in [0.717, 1.165) is 6.07 Å². The first-order chi connectivity index (χ1) is 7.56. The van der Waals surface area contributed by atoms with Crippen LogP contribution in [-0.2, 0) is 0 Å². The van der Waals surface area contributed by atoms with Crippen molar-refractivity contribution in [2.75, 3.05) is 0 Å². The van der Waals surface area contributed by atoms with Gasteiger partial charge in [-0.05, 0) is 35.9 Å². The topological polar surface area (TPSA) is 0 Å². The first-order valence-electron chi connectivity index (χ1n) is 4.48. The quantitative estimate of drug-likeness (QED) is 0.680. The Hall–Kier alpha value is -1.12. The Balaban J connectivity index is 2.58. The Bertz CT molecular complexity index is 518. The highest BCUT2D eigenvalue weighted by Crippen LogP contribution is 2.29. The zero-order chi connectivity index (χ0) is 11.7. The van der Waals surface area contributed by atoms with Crippen molar-refractivity contribution in [2.24, 2.45) is 0 Å². The van der Waals surface area contributed by atoms with E-state index in [0.29, 0.717) is 15.6 Å². The van der Waals surface area contributed by atoms with Crippen LogP contribution >= 0.6 is 23.2 Å². The SMILES string of the molecule is Fc1ccc(-c2cc(Cl)cc(Cl)c2)c(F)c1. The number of rotatable bonds is 1. The molecule has 0 bridgehead atoms. The lowest BCUT2D eigenvalue weighted by Crippen LogP contribution is -1.86. The van der Waals surface area contributed by atoms with Crippen LogP contribution in [0.2, 0.25) is 10.0 Å². The van der Waals surface area contributed by atoms with E-state index in [2.05, 4.69) is 0 Å². The van der Waals surface area contributed by atoms with E-state index in [1.807, 2.05) is 0 Å². The van der Waals surface area contributed by atoms with Crippen molar-refractivity contribution in [1.82, 2.24) is 0 Å². The second-order valence-electron chi connectivity index (χ2n) is 3.28. The molecule has 0 aliphatic heterocycles. The van der Waals surface area contributed by atoms with Gasteiger partial charge in [0, 0.05) is 21.7 Å². The fraction of sp³-hybridized carbons (Fsp3) is 0. The summed E-state index contributed by atoms with van der Waals surface area (Å²) in [6, 6.07) is 8.06. The maximum absolute atomic E-state index is 13.5. The Kier molecular flexibility index (Phi) is 3.13. The Morgan fingerprint density at radius 1 is 0.812 bits per heavy atom. The summed E-state index contributed by atoms with van der Waals surface area (Å²) in [7, 11) is 0. The lowest BCUT2D eigenvalue weighted by Gasteiger charge is -2.05. The van der Waals surface area contributed by atoms with E-state index in [-0.39, 0.29) is 5.56 Å². The minimum atomic E-state index is -0.640. The van der Waals surface area contributed by atoms with Crippen LogP contribution in [-0.4, -0.2) is 0 Å². The molecule has 2 aromatic carbocycles. The van der Waals surface area contributed by atoms with Gasteiger partial charge in [0.1, 0.15) is 11.6 Å². The molecule has 0 nitrogen and oxygen atoms in total. The summed E-state index contributed by atoms with van der Waals surface area (Å²) < 4.78 is 26.2. The second-order valence-corrected chi connectivity index (χ2v) is 4.16. The van der Waals surface area contributed by atoms with Crippen LogP contribution in [0.15, 0.2) is 36.4 Å². The van der Waals surface area contributed by atoms with Gasteiger partial charge in [0.15, 0.2) is 0 Å². The second kappa shape index (κ2) is 4.40. The summed E-state index contributed by atoms with van der Waals surface area (Å²) in [5.74, 6) is -1.26. The summed E-state index contributed by atoms with van der Waals surface area (Å²) in [4.78, 5) is 0. The standard InChI is InChI=1S/C12H6Cl2F2/c13-8-3-7(4-9(14)5-8)11-2-1-10(15)6-12(11)16/h1-6H. The minimum Gasteiger partial charge on any atom is -0.207 e. The molecule has 4 heteroatoms. The molecule has 0 spiro atoms. The van der Waals surface area contributed by atoms with E-state index >= 15 is 0 Å². The Morgan fingerprint density at radius 2 is 1.44 bits per heavy atom. The van der Waals surface area contributed by atoms with Crippen molar-refractivity contribution in [3.05, 3.63) is 58.1 Å². The molecule has 0 radical (unpaired) electrons. The van der Waals surface area contributed by atoms with E-state index in [4.69, 9.17) is 23.2 Å². The maximum Gasteiger partial charge on any atom is 0.133 e. The summed E-state index contributed by atoms with van der Waals surface area (Å²) in [5.41, 5.74) is 0.792. The molecule has 2 rings (SSSR count). The van der Waals surface area contributed by atoms with Crippen molar-refractivity contribution in [2.45, 2.75) is 0 Å². The molecule has 0 aromatic heterocycles. The van der Waals surface area contributed by atoms with Crippen LogP contribution in [0.1, 0.15) is 0 Å². The molecule has 2 aromatic rings. The molecule has 82 valence electrons. The number of benzene rings is 2. The first kappa shape index (κ1) is 11.4. The highest BCUT2D eigenvalue weighted by Gasteiger charge is 2.07. The fourth-order valence-corrected chi connectivity index (χ4v) is 1.96. The van der Waals surface area contributed by atoms with Gasteiger partial charge >= 0.3 is 0 Å². The molecule has 0 fully saturated rings. The smallest absolute Gasteiger partial charge is 0.133 e. The zero-order valence-electron chi connectivity index (χ0n) is 7.98. The number of hydrogen-bond donors (Lipinski definition) is 0. The molecule has 0 atom stereocenters. The molecule has 0 amide bonds. The van der Waals surface area contributed by atoms with Gasteiger partial charge in [0.25, 0.3) is 0 Å². The average molecular weight is 259 g/mol. The highest BCUT2D eigenvalue weighted by molar-refractivity contribution is 6.35. The Labute approximate surface area is 101 Å². The molecule has 0 heterocycles. The molecule has 0 saturated carbocycles. The molecule has 16 heavy (non-hydrogen) atoms. The highest BCUT2D eigenvalue weighted by atomic mass is 35.5. The predicted molar refractivity (Wildman–Crippen MR) is 61.8 cm³/mol. The van der Waals surface area contributed by atoms with Crippen molar-refractivity contribution in [3.8, 4) is 11.1 Å². The van der Waals surface area contributed by atoms with Crippen LogP contribution in [0, 0.1) is 11.6 Å². The molecule has 0 aliphatic rings. The Morgan fingerprint density at radius 3 is 2.00 bits per heavy atom. The van der Waals surface area contributed by atoms with E-state index in [9.17, 15) is 8.78 Å². The van der Waals surface area contributed by atoms with Crippen LogP contribution < -0.4 is 0 Å². The first-order valence-corrected chi connectivity index (χ1v) is 5.23. The minimum absolute atomic E-state index is 0.269. The van der Waals surface area contributed by atoms with Crippen molar-refractivity contribution in [3.63, 3.8) is 0 Å². The lowest BCUT2D eigenvalue weighted by molar-refractivity contribution is 0.585. The summed E-state index contributed by atoms with van der Waals surface area (Å²) >= 11 is 11.6. The maximum atomic E-state index is 13.5. The molecule has 0 aliphatic carbocycles. The predicted octanol–water partition coefficient (Wildman–Crippen LogP) is 4.94. The van der Waals surface area contributed by atoms with E-state index < -0.39 is 11.6 Å². The van der Waals surface area contributed by atoms with Crippen LogP contribution in [0.5, 0.6) is 0 Å². The van der Waals surface area contributed by atoms with Crippen LogP contribution in [0.4, 0.5) is 8.78 Å². The number of hydrogen-bond acceptors (Lipinski definition) is 0. The van der Waals surface area contributed by atoms with Gasteiger partial charge < -0.3 is 0 Å². The molecular formula is C12H6Cl2F2. The van der Waals surface area contributed by atoms with Crippen LogP contribution in [0.3, 0.4) is 0 Å². The summed E-state index contributed by atoms with van der Waals surface area (Å²) in [6.45, 7) is 0. The van der Waals surface area contributed by atoms with E-state index in [1.54, 1.807) is 18.2 Å². The van der Waals surface area contributed by atoms with Crippen molar-refractivity contribution in [1.29, 1.82) is 0 Å². The van der Waals surface area contributed by atoms with Crippen LogP contribution in [0.25, 0.3) is 11.1 Å². The number of halogens is 4. The van der Waals surface area contributed by atoms with Gasteiger partial charge in [-0.25, -0.2) is 8.78 Å². The zero-order valence-corrected chi connectivity index (χ0v) is 9.49. The fourth-order valence-electron chi connectivity index (χ4n) is 1.43. The third-order valence-corrected chi connectivity index (χ3v) is 2.54. The molecule has 0 unspecified atom stereocenters. The van der Waals surface area contributed by atoms with Gasteiger partial charge in [-0.3, -0.25) is 0 Å². The molecular weight excluding hydrogens is 253 g/mol. The monoisotopic (exact) mass is 258 g/mol. The van der Waals surface area contributed by atoms with Gasteiger partial charge in [-0.15, -0.1) is 0 Å².